The zero-order chi connectivity index (χ0) is 22.4. The summed E-state index contributed by atoms with van der Waals surface area (Å²) in [7, 11) is 0. The van der Waals surface area contributed by atoms with E-state index in [9.17, 15) is 19.5 Å². The van der Waals surface area contributed by atoms with Crippen molar-refractivity contribution in [3.8, 4) is 11.1 Å². The Morgan fingerprint density at radius 2 is 1.93 bits per heavy atom. The van der Waals surface area contributed by atoms with Crippen LogP contribution in [0.2, 0.25) is 5.02 Å². The normalized spacial score (nSPS) is 12.1. The number of carbonyl (C=O) groups excluding carboxylic acids is 1. The molecule has 0 bridgehead atoms. The molecule has 1 aromatic carbocycles. The lowest BCUT2D eigenvalue weighted by molar-refractivity contribution is -0.141. The number of esters is 1. The number of nitrogens with zero attached hydrogens (tertiary/aromatic N) is 1. The summed E-state index contributed by atoms with van der Waals surface area (Å²) in [4.78, 5) is 37.5. The first-order valence-electron chi connectivity index (χ1n) is 9.84. The lowest BCUT2D eigenvalue weighted by atomic mass is 9.94. The molecular weight excluding hydrogens is 408 g/mol. The predicted molar refractivity (Wildman–Crippen MR) is 116 cm³/mol. The van der Waals surface area contributed by atoms with Gasteiger partial charge in [-0.25, -0.2) is 9.59 Å². The van der Waals surface area contributed by atoms with Crippen LogP contribution in [0.4, 0.5) is 0 Å². The van der Waals surface area contributed by atoms with Crippen molar-refractivity contribution in [3.05, 3.63) is 57.0 Å². The van der Waals surface area contributed by atoms with Gasteiger partial charge in [-0.1, -0.05) is 31.5 Å². The first kappa shape index (κ1) is 23.6. The highest BCUT2D eigenvalue weighted by Crippen LogP contribution is 2.31. The van der Waals surface area contributed by atoms with E-state index in [0.717, 1.165) is 10.1 Å². The predicted octanol–water partition coefficient (Wildman–Crippen LogP) is 3.52. The van der Waals surface area contributed by atoms with E-state index >= 15 is 0 Å². The Kier molecular flexibility index (Phi) is 8.20. The summed E-state index contributed by atoms with van der Waals surface area (Å²) >= 11 is 6.17. The molecule has 0 spiro atoms. The van der Waals surface area contributed by atoms with Gasteiger partial charge in [0.25, 0.3) is 5.56 Å². The average Bonchev–Trinajstić information content (AvgIpc) is 2.67. The van der Waals surface area contributed by atoms with Gasteiger partial charge >= 0.3 is 11.9 Å². The van der Waals surface area contributed by atoms with E-state index in [1.807, 2.05) is 13.8 Å². The van der Waals surface area contributed by atoms with Gasteiger partial charge in [-0.3, -0.25) is 4.79 Å². The summed E-state index contributed by atoms with van der Waals surface area (Å²) in [6, 6.07) is 5.35. The summed E-state index contributed by atoms with van der Waals surface area (Å²) in [5.41, 5.74) is 7.05. The number of rotatable bonds is 9. The highest BCUT2D eigenvalue weighted by Gasteiger charge is 2.26. The first-order chi connectivity index (χ1) is 14.2. The summed E-state index contributed by atoms with van der Waals surface area (Å²) in [5, 5.41) is 10.1. The monoisotopic (exact) mass is 434 g/mol. The molecule has 0 aliphatic carbocycles. The Balaban J connectivity index is 2.78. The molecule has 0 aliphatic heterocycles. The van der Waals surface area contributed by atoms with Gasteiger partial charge in [-0.05, 0) is 55.5 Å². The van der Waals surface area contributed by atoms with Crippen molar-refractivity contribution >= 4 is 23.5 Å². The second kappa shape index (κ2) is 10.4. The van der Waals surface area contributed by atoms with E-state index in [0.29, 0.717) is 29.1 Å². The van der Waals surface area contributed by atoms with Crippen LogP contribution < -0.4 is 11.3 Å². The Morgan fingerprint density at radius 1 is 1.23 bits per heavy atom. The Bertz CT molecular complexity index is 984. The molecular formula is C22H27ClN2O5. The molecule has 2 rings (SSSR count). The topological polar surface area (TPSA) is 112 Å². The summed E-state index contributed by atoms with van der Waals surface area (Å²) in [5.74, 6) is -1.75. The number of aliphatic carboxylic acids is 1. The molecule has 0 fully saturated rings. The highest BCUT2D eigenvalue weighted by molar-refractivity contribution is 6.31. The SMILES string of the molecule is CCOC(=O)c1cn(C(CC(C)C)C(=O)O)c(=O)cc1-c1cc(Cl)ccc1CCN. The van der Waals surface area contributed by atoms with Crippen LogP contribution in [0.1, 0.15) is 49.2 Å². The van der Waals surface area contributed by atoms with Gasteiger partial charge in [0.2, 0.25) is 0 Å². The fourth-order valence-electron chi connectivity index (χ4n) is 3.34. The third kappa shape index (κ3) is 5.49. The van der Waals surface area contributed by atoms with E-state index < -0.39 is 23.5 Å². The molecule has 1 unspecified atom stereocenters. The summed E-state index contributed by atoms with van der Waals surface area (Å²) < 4.78 is 6.27. The number of carboxylic acid groups (broad SMARTS) is 1. The van der Waals surface area contributed by atoms with Gasteiger partial charge in [0.15, 0.2) is 0 Å². The zero-order valence-corrected chi connectivity index (χ0v) is 18.1. The molecule has 1 aromatic heterocycles. The molecule has 30 heavy (non-hydrogen) atoms. The van der Waals surface area contributed by atoms with Crippen molar-refractivity contribution in [1.29, 1.82) is 0 Å². The number of halogens is 1. The molecule has 2 aromatic rings. The Morgan fingerprint density at radius 3 is 2.50 bits per heavy atom. The molecule has 0 saturated heterocycles. The second-order valence-corrected chi connectivity index (χ2v) is 7.83. The number of aromatic nitrogens is 1. The number of ether oxygens (including phenoxy) is 1. The van der Waals surface area contributed by atoms with Crippen LogP contribution in [0.5, 0.6) is 0 Å². The minimum absolute atomic E-state index is 0.0350. The first-order valence-corrected chi connectivity index (χ1v) is 10.2. The zero-order valence-electron chi connectivity index (χ0n) is 17.4. The molecule has 0 saturated carbocycles. The number of benzene rings is 1. The number of pyridine rings is 1. The second-order valence-electron chi connectivity index (χ2n) is 7.39. The Hall–Kier alpha value is -2.64. The quantitative estimate of drug-likeness (QED) is 0.584. The van der Waals surface area contributed by atoms with E-state index in [4.69, 9.17) is 22.1 Å². The van der Waals surface area contributed by atoms with Gasteiger partial charge in [0.05, 0.1) is 12.2 Å². The van der Waals surface area contributed by atoms with Gasteiger partial charge < -0.3 is 20.1 Å². The minimum atomic E-state index is -1.14. The number of carboxylic acids is 1. The summed E-state index contributed by atoms with van der Waals surface area (Å²) in [6.07, 6.45) is 2.04. The van der Waals surface area contributed by atoms with Crippen molar-refractivity contribution in [2.45, 2.75) is 39.7 Å². The van der Waals surface area contributed by atoms with Crippen LogP contribution in [-0.4, -0.2) is 34.8 Å². The van der Waals surface area contributed by atoms with Gasteiger partial charge in [-0.15, -0.1) is 0 Å². The van der Waals surface area contributed by atoms with Crippen LogP contribution in [0.15, 0.2) is 35.3 Å². The largest absolute Gasteiger partial charge is 0.480 e. The van der Waals surface area contributed by atoms with Gasteiger partial charge in [0.1, 0.15) is 6.04 Å². The number of nitrogens with two attached hydrogens (primary N) is 1. The lowest BCUT2D eigenvalue weighted by Crippen LogP contribution is -2.31. The van der Waals surface area contributed by atoms with Crippen molar-refractivity contribution in [1.82, 2.24) is 4.57 Å². The maximum absolute atomic E-state index is 12.9. The molecule has 162 valence electrons. The van der Waals surface area contributed by atoms with Crippen molar-refractivity contribution in [2.24, 2.45) is 11.7 Å². The van der Waals surface area contributed by atoms with Crippen molar-refractivity contribution < 1.29 is 19.4 Å². The van der Waals surface area contributed by atoms with E-state index in [1.54, 1.807) is 25.1 Å². The van der Waals surface area contributed by atoms with Crippen LogP contribution in [0, 0.1) is 5.92 Å². The highest BCUT2D eigenvalue weighted by atomic mass is 35.5. The maximum atomic E-state index is 12.9. The molecule has 0 aliphatic rings. The third-order valence-electron chi connectivity index (χ3n) is 4.67. The van der Waals surface area contributed by atoms with Crippen LogP contribution in [0.25, 0.3) is 11.1 Å². The standard InChI is InChI=1S/C22H27ClN2O5/c1-4-30-22(29)18-12-25(19(21(27)28)9-13(2)3)20(26)11-17(18)16-10-15(23)6-5-14(16)7-8-24/h5-6,10-13,19H,4,7-9,24H2,1-3H3,(H,27,28). The molecule has 1 heterocycles. The van der Waals surface area contributed by atoms with E-state index in [-0.39, 0.29) is 24.5 Å². The molecule has 8 heteroatoms. The number of hydrogen-bond donors (Lipinski definition) is 2. The molecule has 7 nitrogen and oxygen atoms in total. The van der Waals surface area contributed by atoms with Crippen LogP contribution in [-0.2, 0) is 16.0 Å². The fraction of sp³-hybridized carbons (Fsp3) is 0.409. The van der Waals surface area contributed by atoms with E-state index in [2.05, 4.69) is 0 Å². The lowest BCUT2D eigenvalue weighted by Gasteiger charge is -2.20. The molecule has 0 radical (unpaired) electrons. The summed E-state index contributed by atoms with van der Waals surface area (Å²) in [6.45, 7) is 5.91. The third-order valence-corrected chi connectivity index (χ3v) is 4.90. The maximum Gasteiger partial charge on any atom is 0.340 e. The number of hydrogen-bond acceptors (Lipinski definition) is 5. The van der Waals surface area contributed by atoms with Crippen LogP contribution >= 0.6 is 11.6 Å². The smallest absolute Gasteiger partial charge is 0.340 e. The van der Waals surface area contributed by atoms with E-state index in [1.165, 1.54) is 12.3 Å². The molecule has 0 amide bonds. The minimum Gasteiger partial charge on any atom is -0.480 e. The van der Waals surface area contributed by atoms with Crippen molar-refractivity contribution in [3.63, 3.8) is 0 Å². The van der Waals surface area contributed by atoms with Crippen LogP contribution in [0.3, 0.4) is 0 Å². The fourth-order valence-corrected chi connectivity index (χ4v) is 3.51. The molecule has 3 N–H and O–H groups in total. The number of carbonyl (C=O) groups is 2. The Labute approximate surface area is 180 Å². The van der Waals surface area contributed by atoms with Crippen molar-refractivity contribution in [2.75, 3.05) is 13.2 Å². The average molecular weight is 435 g/mol. The molecule has 1 atom stereocenters. The van der Waals surface area contributed by atoms with Gasteiger partial charge in [0, 0.05) is 22.8 Å². The van der Waals surface area contributed by atoms with Gasteiger partial charge in [-0.2, -0.15) is 0 Å².